The Balaban J connectivity index is 1.97. The second-order valence-electron chi connectivity index (χ2n) is 5.89. The lowest BCUT2D eigenvalue weighted by molar-refractivity contribution is -0.0898. The first-order valence-corrected chi connectivity index (χ1v) is 7.88. The fourth-order valence-corrected chi connectivity index (χ4v) is 2.67. The Kier molecular flexibility index (Phi) is 6.03. The van der Waals surface area contributed by atoms with Gasteiger partial charge in [-0.25, -0.2) is 0 Å². The molecule has 1 fully saturated rings. The van der Waals surface area contributed by atoms with Gasteiger partial charge < -0.3 is 14.6 Å². The van der Waals surface area contributed by atoms with Crippen LogP contribution in [0.25, 0.3) is 0 Å². The highest BCUT2D eigenvalue weighted by molar-refractivity contribution is 5.29. The molecular weight excluding hydrogens is 266 g/mol. The van der Waals surface area contributed by atoms with E-state index in [4.69, 9.17) is 9.47 Å². The average molecular weight is 293 g/mol. The highest BCUT2D eigenvalue weighted by atomic mass is 16.5. The zero-order valence-corrected chi connectivity index (χ0v) is 13.3. The van der Waals surface area contributed by atoms with Crippen molar-refractivity contribution in [2.75, 3.05) is 26.2 Å². The van der Waals surface area contributed by atoms with Gasteiger partial charge >= 0.3 is 0 Å². The van der Waals surface area contributed by atoms with Crippen LogP contribution >= 0.6 is 0 Å². The Morgan fingerprint density at radius 3 is 2.67 bits per heavy atom. The lowest BCUT2D eigenvalue weighted by atomic mass is 10.0. The molecule has 1 aliphatic heterocycles. The van der Waals surface area contributed by atoms with Crippen molar-refractivity contribution >= 4 is 0 Å². The Bertz CT molecular complexity index is 417. The third kappa shape index (κ3) is 4.70. The first kappa shape index (κ1) is 16.3. The van der Waals surface area contributed by atoms with Crippen molar-refractivity contribution in [3.8, 4) is 5.75 Å². The third-order valence-electron chi connectivity index (χ3n) is 3.66. The number of ether oxygens (including phenoxy) is 2. The molecule has 0 bridgehead atoms. The maximum absolute atomic E-state index is 10.5. The van der Waals surface area contributed by atoms with Gasteiger partial charge in [0.2, 0.25) is 0 Å². The number of benzene rings is 1. The monoisotopic (exact) mass is 293 g/mol. The molecule has 1 aliphatic rings. The molecule has 21 heavy (non-hydrogen) atoms. The van der Waals surface area contributed by atoms with Gasteiger partial charge in [0.05, 0.1) is 12.7 Å². The maximum atomic E-state index is 10.5. The second kappa shape index (κ2) is 7.78. The summed E-state index contributed by atoms with van der Waals surface area (Å²) >= 11 is 0. The molecule has 4 nitrogen and oxygen atoms in total. The van der Waals surface area contributed by atoms with Gasteiger partial charge in [0, 0.05) is 13.1 Å². The van der Waals surface area contributed by atoms with E-state index in [1.807, 2.05) is 38.1 Å². The Morgan fingerprint density at radius 2 is 2.05 bits per heavy atom. The highest BCUT2D eigenvalue weighted by Gasteiger charge is 2.27. The van der Waals surface area contributed by atoms with E-state index in [1.54, 1.807) is 0 Å². The van der Waals surface area contributed by atoms with Crippen molar-refractivity contribution in [3.05, 3.63) is 29.8 Å². The van der Waals surface area contributed by atoms with Crippen LogP contribution in [0.2, 0.25) is 0 Å². The fraction of sp³-hybridized carbons (Fsp3) is 0.647. The van der Waals surface area contributed by atoms with Crippen LogP contribution in [0, 0.1) is 0 Å². The summed E-state index contributed by atoms with van der Waals surface area (Å²) in [5, 5.41) is 10.5. The second-order valence-corrected chi connectivity index (χ2v) is 5.89. The molecule has 2 rings (SSSR count). The molecule has 0 radical (unpaired) electrons. The minimum Gasteiger partial charge on any atom is -0.491 e. The van der Waals surface area contributed by atoms with E-state index < -0.39 is 6.10 Å². The predicted molar refractivity (Wildman–Crippen MR) is 83.6 cm³/mol. The standard InChI is InChI=1S/C17H27NO3/c1-4-9-18-10-11-20-16(12-18)17(19)14-5-7-15(8-6-14)21-13(2)3/h5-8,13,16-17,19H,4,9-12H2,1-3H3. The molecule has 0 aliphatic carbocycles. The number of aliphatic hydroxyl groups excluding tert-OH is 1. The number of morpholine rings is 1. The van der Waals surface area contributed by atoms with E-state index >= 15 is 0 Å². The lowest BCUT2D eigenvalue weighted by Gasteiger charge is -2.35. The first-order chi connectivity index (χ1) is 10.1. The van der Waals surface area contributed by atoms with E-state index in [0.717, 1.165) is 37.4 Å². The Hall–Kier alpha value is -1.10. The van der Waals surface area contributed by atoms with Crippen LogP contribution < -0.4 is 4.74 Å². The van der Waals surface area contributed by atoms with Crippen LogP contribution in [-0.4, -0.2) is 48.5 Å². The van der Waals surface area contributed by atoms with Gasteiger partial charge in [-0.1, -0.05) is 19.1 Å². The molecular formula is C17H27NO3. The highest BCUT2D eigenvalue weighted by Crippen LogP contribution is 2.24. The van der Waals surface area contributed by atoms with E-state index in [9.17, 15) is 5.11 Å². The Labute approximate surface area is 127 Å². The molecule has 0 spiro atoms. The van der Waals surface area contributed by atoms with Gasteiger partial charge in [0.25, 0.3) is 0 Å². The summed E-state index contributed by atoms with van der Waals surface area (Å²) in [6, 6.07) is 7.66. The van der Waals surface area contributed by atoms with Crippen molar-refractivity contribution in [1.82, 2.24) is 4.90 Å². The van der Waals surface area contributed by atoms with Crippen molar-refractivity contribution < 1.29 is 14.6 Å². The third-order valence-corrected chi connectivity index (χ3v) is 3.66. The predicted octanol–water partition coefficient (Wildman–Crippen LogP) is 2.62. The van der Waals surface area contributed by atoms with Crippen molar-refractivity contribution in [3.63, 3.8) is 0 Å². The summed E-state index contributed by atoms with van der Waals surface area (Å²) in [6.45, 7) is 9.68. The van der Waals surface area contributed by atoms with Gasteiger partial charge in [-0.05, 0) is 44.5 Å². The SMILES string of the molecule is CCCN1CCOC(C(O)c2ccc(OC(C)C)cc2)C1. The van der Waals surface area contributed by atoms with Crippen molar-refractivity contribution in [2.24, 2.45) is 0 Å². The van der Waals surface area contributed by atoms with Crippen LogP contribution in [-0.2, 0) is 4.74 Å². The Morgan fingerprint density at radius 1 is 1.33 bits per heavy atom. The molecule has 1 aromatic rings. The van der Waals surface area contributed by atoms with E-state index in [2.05, 4.69) is 11.8 Å². The molecule has 1 heterocycles. The van der Waals surface area contributed by atoms with Crippen molar-refractivity contribution in [1.29, 1.82) is 0 Å². The topological polar surface area (TPSA) is 41.9 Å². The minimum atomic E-state index is -0.585. The molecule has 0 aromatic heterocycles. The van der Waals surface area contributed by atoms with Crippen LogP contribution in [0.15, 0.2) is 24.3 Å². The fourth-order valence-electron chi connectivity index (χ4n) is 2.67. The van der Waals surface area contributed by atoms with E-state index in [1.165, 1.54) is 0 Å². The number of nitrogens with zero attached hydrogens (tertiary/aromatic N) is 1. The van der Waals surface area contributed by atoms with Gasteiger partial charge in [-0.2, -0.15) is 0 Å². The molecule has 1 saturated heterocycles. The summed E-state index contributed by atoms with van der Waals surface area (Å²) in [7, 11) is 0. The number of rotatable bonds is 6. The average Bonchev–Trinajstić information content (AvgIpc) is 2.47. The quantitative estimate of drug-likeness (QED) is 0.875. The van der Waals surface area contributed by atoms with Gasteiger partial charge in [0.1, 0.15) is 18.0 Å². The molecule has 2 unspecified atom stereocenters. The van der Waals surface area contributed by atoms with Crippen LogP contribution in [0.3, 0.4) is 0 Å². The molecule has 4 heteroatoms. The number of hydrogen-bond donors (Lipinski definition) is 1. The maximum Gasteiger partial charge on any atom is 0.119 e. The molecule has 118 valence electrons. The lowest BCUT2D eigenvalue weighted by Crippen LogP contribution is -2.45. The summed E-state index contributed by atoms with van der Waals surface area (Å²) < 4.78 is 11.4. The zero-order chi connectivity index (χ0) is 15.2. The normalized spacial score (nSPS) is 21.5. The summed E-state index contributed by atoms with van der Waals surface area (Å²) in [4.78, 5) is 2.35. The molecule has 1 N–H and O–H groups in total. The number of hydrogen-bond acceptors (Lipinski definition) is 4. The summed E-state index contributed by atoms with van der Waals surface area (Å²) in [5.74, 6) is 0.832. The van der Waals surface area contributed by atoms with Gasteiger partial charge in [-0.3, -0.25) is 4.90 Å². The molecule has 0 saturated carbocycles. The molecule has 1 aromatic carbocycles. The van der Waals surface area contributed by atoms with Crippen LogP contribution in [0.4, 0.5) is 0 Å². The number of aliphatic hydroxyl groups is 1. The van der Waals surface area contributed by atoms with Crippen molar-refractivity contribution in [2.45, 2.75) is 45.5 Å². The van der Waals surface area contributed by atoms with Gasteiger partial charge in [-0.15, -0.1) is 0 Å². The summed E-state index contributed by atoms with van der Waals surface area (Å²) in [6.07, 6.45) is 0.550. The minimum absolute atomic E-state index is 0.151. The van der Waals surface area contributed by atoms with E-state index in [-0.39, 0.29) is 12.2 Å². The smallest absolute Gasteiger partial charge is 0.119 e. The zero-order valence-electron chi connectivity index (χ0n) is 13.3. The largest absolute Gasteiger partial charge is 0.491 e. The van der Waals surface area contributed by atoms with E-state index in [0.29, 0.717) is 6.61 Å². The molecule has 0 amide bonds. The van der Waals surface area contributed by atoms with Crippen LogP contribution in [0.1, 0.15) is 38.9 Å². The molecule has 2 atom stereocenters. The van der Waals surface area contributed by atoms with Gasteiger partial charge in [0.15, 0.2) is 0 Å². The summed E-state index contributed by atoms with van der Waals surface area (Å²) in [5.41, 5.74) is 0.884. The van der Waals surface area contributed by atoms with Crippen LogP contribution in [0.5, 0.6) is 5.75 Å². The first-order valence-electron chi connectivity index (χ1n) is 7.88.